The van der Waals surface area contributed by atoms with Crippen molar-refractivity contribution >= 4 is 12.4 Å². The van der Waals surface area contributed by atoms with Gasteiger partial charge in [-0.05, 0) is 42.3 Å². The second kappa shape index (κ2) is 7.23. The van der Waals surface area contributed by atoms with Crippen molar-refractivity contribution in [3.8, 4) is 0 Å². The van der Waals surface area contributed by atoms with Crippen molar-refractivity contribution < 1.29 is 23.1 Å². The van der Waals surface area contributed by atoms with Crippen molar-refractivity contribution in [3.05, 3.63) is 71.3 Å². The molecular formula is C20H19F2NO3. The lowest BCUT2D eigenvalue weighted by Crippen LogP contribution is -2.49. The highest BCUT2D eigenvalue weighted by Gasteiger charge is 2.43. The molecule has 4 nitrogen and oxygen atoms in total. The van der Waals surface area contributed by atoms with E-state index < -0.39 is 17.5 Å². The number of hydrogen-bond acceptors (Lipinski definition) is 3. The van der Waals surface area contributed by atoms with E-state index >= 15 is 0 Å². The summed E-state index contributed by atoms with van der Waals surface area (Å²) in [5.74, 6) is -0.743. The van der Waals surface area contributed by atoms with Crippen molar-refractivity contribution in [2.45, 2.75) is 31.4 Å². The summed E-state index contributed by atoms with van der Waals surface area (Å²) in [7, 11) is 0. The smallest absolute Gasteiger partial charge is 0.411 e. The molecule has 0 aromatic heterocycles. The molecule has 26 heavy (non-hydrogen) atoms. The van der Waals surface area contributed by atoms with Crippen LogP contribution in [0.2, 0.25) is 0 Å². The van der Waals surface area contributed by atoms with Crippen molar-refractivity contribution in [2.24, 2.45) is 0 Å². The second-order valence-electron chi connectivity index (χ2n) is 6.41. The van der Waals surface area contributed by atoms with Crippen LogP contribution in [0.4, 0.5) is 13.6 Å². The molecule has 1 amide bonds. The van der Waals surface area contributed by atoms with Crippen LogP contribution in [0, 0.1) is 11.6 Å². The third-order valence-corrected chi connectivity index (χ3v) is 4.88. The maximum absolute atomic E-state index is 13.2. The minimum absolute atomic E-state index is 0.00312. The van der Waals surface area contributed by atoms with E-state index in [0.717, 1.165) is 5.56 Å². The standard InChI is InChI=1S/C20H19F2NO3/c1-14(15-2-6-17(21)7-3-15)23-12-10-20(11-13-24,26-19(23)25)16-4-8-18(22)9-5-16/h2-9,13-14H,10-12H2,1H3/t14-,20?/m0/s1. The van der Waals surface area contributed by atoms with E-state index in [9.17, 15) is 18.4 Å². The average molecular weight is 359 g/mol. The van der Waals surface area contributed by atoms with Gasteiger partial charge in [-0.3, -0.25) is 0 Å². The first-order chi connectivity index (χ1) is 12.4. The Kier molecular flexibility index (Phi) is 5.02. The maximum atomic E-state index is 13.2. The molecule has 1 heterocycles. The molecule has 0 spiro atoms. The number of benzene rings is 2. The number of aldehydes is 1. The van der Waals surface area contributed by atoms with Gasteiger partial charge in [-0.2, -0.15) is 0 Å². The molecule has 6 heteroatoms. The monoisotopic (exact) mass is 359 g/mol. The molecule has 1 aliphatic rings. The number of halogens is 2. The van der Waals surface area contributed by atoms with Gasteiger partial charge in [0.25, 0.3) is 0 Å². The molecule has 0 bridgehead atoms. The number of nitrogens with zero attached hydrogens (tertiary/aromatic N) is 1. The molecule has 1 fully saturated rings. The number of carbonyl (C=O) groups is 2. The van der Waals surface area contributed by atoms with Gasteiger partial charge in [0, 0.05) is 19.4 Å². The summed E-state index contributed by atoms with van der Waals surface area (Å²) in [5.41, 5.74) is 0.285. The summed E-state index contributed by atoms with van der Waals surface area (Å²) in [5, 5.41) is 0. The quantitative estimate of drug-likeness (QED) is 0.746. The van der Waals surface area contributed by atoms with Crippen molar-refractivity contribution in [2.75, 3.05) is 6.54 Å². The van der Waals surface area contributed by atoms with E-state index in [2.05, 4.69) is 0 Å². The highest BCUT2D eigenvalue weighted by atomic mass is 19.1. The first kappa shape index (κ1) is 18.0. The summed E-state index contributed by atoms with van der Waals surface area (Å²) in [6.07, 6.45) is 0.548. The number of amides is 1. The number of rotatable bonds is 5. The van der Waals surface area contributed by atoms with Gasteiger partial charge in [0.15, 0.2) is 0 Å². The van der Waals surface area contributed by atoms with Crippen LogP contribution in [0.1, 0.15) is 36.9 Å². The van der Waals surface area contributed by atoms with Gasteiger partial charge in [0.2, 0.25) is 0 Å². The average Bonchev–Trinajstić information content (AvgIpc) is 2.63. The predicted molar refractivity (Wildman–Crippen MR) is 91.4 cm³/mol. The van der Waals surface area contributed by atoms with Gasteiger partial charge < -0.3 is 14.4 Å². The van der Waals surface area contributed by atoms with Crippen LogP contribution in [0.3, 0.4) is 0 Å². The third kappa shape index (κ3) is 3.45. The largest absolute Gasteiger partial charge is 0.437 e. The summed E-state index contributed by atoms with van der Waals surface area (Å²) in [4.78, 5) is 25.4. The normalized spacial score (nSPS) is 21.2. The highest BCUT2D eigenvalue weighted by Crippen LogP contribution is 2.39. The fourth-order valence-corrected chi connectivity index (χ4v) is 3.30. The first-order valence-electron chi connectivity index (χ1n) is 8.40. The molecular weight excluding hydrogens is 340 g/mol. The van der Waals surface area contributed by atoms with Gasteiger partial charge in [0.1, 0.15) is 23.5 Å². The molecule has 1 aliphatic heterocycles. The van der Waals surface area contributed by atoms with Gasteiger partial charge in [-0.1, -0.05) is 24.3 Å². The fraction of sp³-hybridized carbons (Fsp3) is 0.300. The van der Waals surface area contributed by atoms with E-state index in [0.29, 0.717) is 24.8 Å². The van der Waals surface area contributed by atoms with E-state index in [1.54, 1.807) is 17.0 Å². The molecule has 0 aliphatic carbocycles. The van der Waals surface area contributed by atoms with E-state index in [1.807, 2.05) is 6.92 Å². The zero-order valence-electron chi connectivity index (χ0n) is 14.3. The Morgan fingerprint density at radius 1 is 1.12 bits per heavy atom. The Morgan fingerprint density at radius 2 is 1.69 bits per heavy atom. The van der Waals surface area contributed by atoms with E-state index in [1.165, 1.54) is 36.4 Å². The van der Waals surface area contributed by atoms with Gasteiger partial charge in [-0.25, -0.2) is 13.6 Å². The van der Waals surface area contributed by atoms with Crippen LogP contribution in [-0.2, 0) is 15.1 Å². The van der Waals surface area contributed by atoms with Crippen molar-refractivity contribution in [1.29, 1.82) is 0 Å². The zero-order chi connectivity index (χ0) is 18.7. The number of ether oxygens (including phenoxy) is 1. The summed E-state index contributed by atoms with van der Waals surface area (Å²) < 4.78 is 32.0. The molecule has 3 rings (SSSR count). The SMILES string of the molecule is C[C@@H](c1ccc(F)cc1)N1CCC(CC=O)(c2ccc(F)cc2)OC1=O. The Labute approximate surface area is 150 Å². The topological polar surface area (TPSA) is 46.6 Å². The Balaban J connectivity index is 1.83. The van der Waals surface area contributed by atoms with Crippen LogP contribution in [-0.4, -0.2) is 23.8 Å². The summed E-state index contributed by atoms with van der Waals surface area (Å²) in [6.45, 7) is 2.20. The summed E-state index contributed by atoms with van der Waals surface area (Å²) in [6, 6.07) is 11.3. The number of hydrogen-bond donors (Lipinski definition) is 0. The third-order valence-electron chi connectivity index (χ3n) is 4.88. The molecule has 0 N–H and O–H groups in total. The number of carbonyl (C=O) groups excluding carboxylic acids is 2. The Morgan fingerprint density at radius 3 is 2.23 bits per heavy atom. The second-order valence-corrected chi connectivity index (χ2v) is 6.41. The Bertz CT molecular complexity index is 792. The van der Waals surface area contributed by atoms with Gasteiger partial charge in [-0.15, -0.1) is 0 Å². The molecule has 2 aromatic rings. The van der Waals surface area contributed by atoms with Crippen molar-refractivity contribution in [1.82, 2.24) is 4.90 Å². The maximum Gasteiger partial charge on any atom is 0.411 e. The van der Waals surface area contributed by atoms with Crippen LogP contribution in [0.5, 0.6) is 0 Å². The van der Waals surface area contributed by atoms with E-state index in [-0.39, 0.29) is 18.3 Å². The molecule has 0 radical (unpaired) electrons. The van der Waals surface area contributed by atoms with Gasteiger partial charge >= 0.3 is 6.09 Å². The van der Waals surface area contributed by atoms with Crippen LogP contribution >= 0.6 is 0 Å². The van der Waals surface area contributed by atoms with Crippen LogP contribution in [0.25, 0.3) is 0 Å². The molecule has 1 unspecified atom stereocenters. The van der Waals surface area contributed by atoms with E-state index in [4.69, 9.17) is 4.74 Å². The number of cyclic esters (lactones) is 1. The molecule has 2 atom stereocenters. The van der Waals surface area contributed by atoms with Crippen molar-refractivity contribution in [3.63, 3.8) is 0 Å². The lowest BCUT2D eigenvalue weighted by Gasteiger charge is -2.42. The minimum atomic E-state index is -1.09. The highest BCUT2D eigenvalue weighted by molar-refractivity contribution is 5.71. The fourth-order valence-electron chi connectivity index (χ4n) is 3.30. The first-order valence-corrected chi connectivity index (χ1v) is 8.40. The Hall–Kier alpha value is -2.76. The molecule has 0 saturated carbocycles. The van der Waals surface area contributed by atoms with Gasteiger partial charge in [0.05, 0.1) is 6.04 Å². The van der Waals surface area contributed by atoms with Crippen LogP contribution in [0.15, 0.2) is 48.5 Å². The predicted octanol–water partition coefficient (Wildman–Crippen LogP) is 4.35. The zero-order valence-corrected chi connectivity index (χ0v) is 14.3. The summed E-state index contributed by atoms with van der Waals surface area (Å²) >= 11 is 0. The molecule has 136 valence electrons. The van der Waals surface area contributed by atoms with Crippen LogP contribution < -0.4 is 0 Å². The molecule has 1 saturated heterocycles. The lowest BCUT2D eigenvalue weighted by molar-refractivity contribution is -0.117. The molecule has 2 aromatic carbocycles. The lowest BCUT2D eigenvalue weighted by atomic mass is 9.86. The minimum Gasteiger partial charge on any atom is -0.437 e.